The molecule has 0 heterocycles. The van der Waals surface area contributed by atoms with Gasteiger partial charge < -0.3 is 10.2 Å². The van der Waals surface area contributed by atoms with Crippen LogP contribution in [0.25, 0.3) is 0 Å². The third-order valence-corrected chi connectivity index (χ3v) is 8.39. The predicted molar refractivity (Wildman–Crippen MR) is 157 cm³/mol. The fourth-order valence-corrected chi connectivity index (χ4v) is 5.80. The molecule has 0 bridgehead atoms. The number of hydrogen-bond donors (Lipinski definition) is 1. The highest BCUT2D eigenvalue weighted by Crippen LogP contribution is 2.30. The van der Waals surface area contributed by atoms with Gasteiger partial charge in [0.25, 0.3) is 10.0 Å². The van der Waals surface area contributed by atoms with Gasteiger partial charge in [-0.1, -0.05) is 65.7 Å². The Morgan fingerprint density at radius 3 is 2.18 bits per heavy atom. The summed E-state index contributed by atoms with van der Waals surface area (Å²) in [4.78, 5) is 28.5. The van der Waals surface area contributed by atoms with Gasteiger partial charge in [-0.25, -0.2) is 8.42 Å². The first-order valence-electron chi connectivity index (χ1n) is 12.4. The van der Waals surface area contributed by atoms with E-state index >= 15 is 0 Å². The largest absolute Gasteiger partial charge is 0.350 e. The van der Waals surface area contributed by atoms with Gasteiger partial charge in [-0.05, 0) is 76.1 Å². The molecule has 1 atom stereocenters. The first-order chi connectivity index (χ1) is 18.2. The summed E-state index contributed by atoms with van der Waals surface area (Å²) in [5.41, 5.74) is 0.969. The third-order valence-electron chi connectivity index (χ3n) is 6.01. The standard InChI is InChI=1S/C29H33Cl2N3O4S/c1-20-15-16-23(30)17-26(20)34(39(37,38)24-12-7-6-8-13-24)19-27(35)33(18-22-11-9-10-14-25(22)31)21(2)28(36)32-29(3,4)5/h6-17,21H,18-19H2,1-5H3,(H,32,36). The van der Waals surface area contributed by atoms with E-state index in [-0.39, 0.29) is 23.0 Å². The van der Waals surface area contributed by atoms with E-state index in [1.54, 1.807) is 68.4 Å². The number of carbonyl (C=O) groups excluding carboxylic acids is 2. The van der Waals surface area contributed by atoms with Crippen molar-refractivity contribution in [2.24, 2.45) is 0 Å². The Hall–Kier alpha value is -3.07. The minimum absolute atomic E-state index is 0.00495. The summed E-state index contributed by atoms with van der Waals surface area (Å²) in [5, 5.41) is 3.65. The highest BCUT2D eigenvalue weighted by Gasteiger charge is 2.34. The van der Waals surface area contributed by atoms with Gasteiger partial charge in [0, 0.05) is 22.1 Å². The molecule has 3 aromatic rings. The van der Waals surface area contributed by atoms with Crippen LogP contribution < -0.4 is 9.62 Å². The number of sulfonamides is 1. The zero-order valence-corrected chi connectivity index (χ0v) is 24.9. The van der Waals surface area contributed by atoms with E-state index in [0.717, 1.165) is 4.31 Å². The number of halogens is 2. The molecule has 10 heteroatoms. The number of hydrogen-bond acceptors (Lipinski definition) is 4. The molecule has 0 radical (unpaired) electrons. The van der Waals surface area contributed by atoms with Crippen molar-refractivity contribution >= 4 is 50.7 Å². The van der Waals surface area contributed by atoms with Gasteiger partial charge in [-0.2, -0.15) is 0 Å². The number of amides is 2. The summed E-state index contributed by atoms with van der Waals surface area (Å²) >= 11 is 12.6. The molecular formula is C29H33Cl2N3O4S. The third kappa shape index (κ3) is 7.75. The molecule has 1 N–H and O–H groups in total. The minimum atomic E-state index is -4.18. The highest BCUT2D eigenvalue weighted by molar-refractivity contribution is 7.92. The first kappa shape index (κ1) is 30.5. The Labute approximate surface area is 240 Å². The zero-order chi connectivity index (χ0) is 29.0. The molecule has 0 saturated carbocycles. The van der Waals surface area contributed by atoms with E-state index < -0.39 is 34.1 Å². The van der Waals surface area contributed by atoms with Crippen molar-refractivity contribution in [2.75, 3.05) is 10.8 Å². The second-order valence-corrected chi connectivity index (χ2v) is 13.0. The molecule has 0 aliphatic rings. The number of nitrogens with one attached hydrogen (secondary N) is 1. The van der Waals surface area contributed by atoms with Gasteiger partial charge in [0.2, 0.25) is 11.8 Å². The average Bonchev–Trinajstić information content (AvgIpc) is 2.87. The summed E-state index contributed by atoms with van der Waals surface area (Å²) in [7, 11) is -4.18. The van der Waals surface area contributed by atoms with Gasteiger partial charge in [-0.15, -0.1) is 0 Å². The van der Waals surface area contributed by atoms with Crippen LogP contribution in [0.5, 0.6) is 0 Å². The summed E-state index contributed by atoms with van der Waals surface area (Å²) in [6, 6.07) is 18.8. The van der Waals surface area contributed by atoms with Crippen molar-refractivity contribution in [1.82, 2.24) is 10.2 Å². The summed E-state index contributed by atoms with van der Waals surface area (Å²) in [6.45, 7) is 8.32. The molecule has 1 unspecified atom stereocenters. The smallest absolute Gasteiger partial charge is 0.264 e. The number of anilines is 1. The van der Waals surface area contributed by atoms with Crippen molar-refractivity contribution in [1.29, 1.82) is 0 Å². The maximum atomic E-state index is 14.0. The Morgan fingerprint density at radius 2 is 1.56 bits per heavy atom. The van der Waals surface area contributed by atoms with Gasteiger partial charge in [0.05, 0.1) is 10.6 Å². The molecule has 208 valence electrons. The van der Waals surface area contributed by atoms with Crippen molar-refractivity contribution in [3.05, 3.63) is 94.0 Å². The monoisotopic (exact) mass is 589 g/mol. The van der Waals surface area contributed by atoms with Gasteiger partial charge in [0.1, 0.15) is 12.6 Å². The van der Waals surface area contributed by atoms with Crippen LogP contribution in [0.1, 0.15) is 38.8 Å². The van der Waals surface area contributed by atoms with Crippen LogP contribution >= 0.6 is 23.2 Å². The molecule has 0 aromatic heterocycles. The lowest BCUT2D eigenvalue weighted by Crippen LogP contribution is -2.54. The molecule has 0 aliphatic heterocycles. The molecule has 0 fully saturated rings. The summed E-state index contributed by atoms with van der Waals surface area (Å²) in [6.07, 6.45) is 0. The Morgan fingerprint density at radius 1 is 0.949 bits per heavy atom. The lowest BCUT2D eigenvalue weighted by Gasteiger charge is -2.34. The Kier molecular flexibility index (Phi) is 9.69. The molecule has 7 nitrogen and oxygen atoms in total. The number of aryl methyl sites for hydroxylation is 1. The maximum Gasteiger partial charge on any atom is 0.264 e. The van der Waals surface area contributed by atoms with Crippen LogP contribution in [0, 0.1) is 6.92 Å². The summed E-state index contributed by atoms with van der Waals surface area (Å²) < 4.78 is 28.8. The van der Waals surface area contributed by atoms with Crippen molar-refractivity contribution in [3.8, 4) is 0 Å². The van der Waals surface area contributed by atoms with Gasteiger partial charge >= 0.3 is 0 Å². The number of benzene rings is 3. The fraction of sp³-hybridized carbons (Fsp3) is 0.310. The van der Waals surface area contributed by atoms with E-state index in [2.05, 4.69) is 5.32 Å². The molecule has 0 aliphatic carbocycles. The molecule has 39 heavy (non-hydrogen) atoms. The molecular weight excluding hydrogens is 557 g/mol. The Bertz CT molecular complexity index is 1440. The zero-order valence-electron chi connectivity index (χ0n) is 22.6. The van der Waals surface area contributed by atoms with Crippen LogP contribution in [0.15, 0.2) is 77.7 Å². The van der Waals surface area contributed by atoms with Gasteiger partial charge in [-0.3, -0.25) is 13.9 Å². The SMILES string of the molecule is Cc1ccc(Cl)cc1N(CC(=O)N(Cc1ccccc1Cl)C(C)C(=O)NC(C)(C)C)S(=O)(=O)c1ccccc1. The van der Waals surface area contributed by atoms with E-state index in [4.69, 9.17) is 23.2 Å². The minimum Gasteiger partial charge on any atom is -0.350 e. The molecule has 0 spiro atoms. The van der Waals surface area contributed by atoms with E-state index in [1.807, 2.05) is 20.8 Å². The van der Waals surface area contributed by atoms with Crippen LogP contribution in [0.4, 0.5) is 5.69 Å². The normalized spacial score (nSPS) is 12.5. The number of carbonyl (C=O) groups is 2. The molecule has 0 saturated heterocycles. The van der Waals surface area contributed by atoms with Crippen LogP contribution in [0.2, 0.25) is 10.0 Å². The molecule has 3 rings (SSSR count). The average molecular weight is 591 g/mol. The summed E-state index contributed by atoms with van der Waals surface area (Å²) in [5.74, 6) is -0.954. The van der Waals surface area contributed by atoms with Crippen molar-refractivity contribution in [3.63, 3.8) is 0 Å². The molecule has 2 amide bonds. The first-order valence-corrected chi connectivity index (χ1v) is 14.6. The van der Waals surface area contributed by atoms with Crippen molar-refractivity contribution < 1.29 is 18.0 Å². The molecule has 3 aromatic carbocycles. The fourth-order valence-electron chi connectivity index (χ4n) is 3.95. The maximum absolute atomic E-state index is 14.0. The second kappa shape index (κ2) is 12.4. The second-order valence-electron chi connectivity index (χ2n) is 10.3. The Balaban J connectivity index is 2.08. The number of nitrogens with zero attached hydrogens (tertiary/aromatic N) is 2. The number of rotatable bonds is 9. The lowest BCUT2D eigenvalue weighted by atomic mass is 10.1. The van der Waals surface area contributed by atoms with E-state index in [9.17, 15) is 18.0 Å². The van der Waals surface area contributed by atoms with Crippen LogP contribution in [0.3, 0.4) is 0 Å². The van der Waals surface area contributed by atoms with E-state index in [0.29, 0.717) is 21.2 Å². The quantitative estimate of drug-likeness (QED) is 0.340. The van der Waals surface area contributed by atoms with E-state index in [1.165, 1.54) is 23.1 Å². The highest BCUT2D eigenvalue weighted by atomic mass is 35.5. The van der Waals surface area contributed by atoms with Gasteiger partial charge in [0.15, 0.2) is 0 Å². The predicted octanol–water partition coefficient (Wildman–Crippen LogP) is 5.83. The van der Waals surface area contributed by atoms with Crippen LogP contribution in [-0.4, -0.2) is 43.3 Å². The van der Waals surface area contributed by atoms with Crippen molar-refractivity contribution in [2.45, 2.75) is 57.6 Å². The topological polar surface area (TPSA) is 86.8 Å². The van der Waals surface area contributed by atoms with Crippen LogP contribution in [-0.2, 0) is 26.2 Å². The lowest BCUT2D eigenvalue weighted by molar-refractivity contribution is -0.140.